The lowest BCUT2D eigenvalue weighted by Gasteiger charge is -2.05. The van der Waals surface area contributed by atoms with E-state index in [4.69, 9.17) is 5.11 Å². The number of carbonyl (C=O) groups is 1. The van der Waals surface area contributed by atoms with Gasteiger partial charge < -0.3 is 5.11 Å². The Morgan fingerprint density at radius 2 is 2.15 bits per heavy atom. The van der Waals surface area contributed by atoms with Crippen LogP contribution < -0.4 is 0 Å². The highest BCUT2D eigenvalue weighted by Gasteiger charge is 2.11. The summed E-state index contributed by atoms with van der Waals surface area (Å²) in [7, 11) is 0. The van der Waals surface area contributed by atoms with Gasteiger partial charge in [0.2, 0.25) is 0 Å². The lowest BCUT2D eigenvalue weighted by atomic mass is 10.1. The monoisotopic (exact) mass is 276 g/mol. The van der Waals surface area contributed by atoms with Crippen molar-refractivity contribution in [1.29, 1.82) is 0 Å². The van der Waals surface area contributed by atoms with E-state index < -0.39 is 11.8 Å². The highest BCUT2D eigenvalue weighted by molar-refractivity contribution is 5.71. The van der Waals surface area contributed by atoms with E-state index in [9.17, 15) is 9.18 Å². The zero-order valence-corrected chi connectivity index (χ0v) is 11.5. The minimum Gasteiger partial charge on any atom is -0.481 e. The van der Waals surface area contributed by atoms with E-state index >= 15 is 0 Å². The van der Waals surface area contributed by atoms with Gasteiger partial charge in [0.1, 0.15) is 5.82 Å². The third kappa shape index (κ3) is 3.44. The predicted octanol–water partition coefficient (Wildman–Crippen LogP) is 2.97. The fraction of sp³-hybridized carbons (Fsp3) is 0.333. The van der Waals surface area contributed by atoms with Crippen LogP contribution in [0.15, 0.2) is 30.5 Å². The molecular weight excluding hydrogens is 259 g/mol. The first kappa shape index (κ1) is 14.2. The zero-order valence-electron chi connectivity index (χ0n) is 11.5. The number of halogens is 1. The van der Waals surface area contributed by atoms with Gasteiger partial charge in [-0.2, -0.15) is 5.10 Å². The van der Waals surface area contributed by atoms with Gasteiger partial charge in [-0.3, -0.25) is 9.48 Å². The topological polar surface area (TPSA) is 55.1 Å². The highest BCUT2D eigenvalue weighted by atomic mass is 19.1. The fourth-order valence-electron chi connectivity index (χ4n) is 2.03. The Morgan fingerprint density at radius 1 is 1.40 bits per heavy atom. The van der Waals surface area contributed by atoms with Gasteiger partial charge in [0.15, 0.2) is 0 Å². The second kappa shape index (κ2) is 5.86. The van der Waals surface area contributed by atoms with Crippen molar-refractivity contribution in [3.63, 3.8) is 0 Å². The maximum Gasteiger partial charge on any atom is 0.307 e. The first-order chi connectivity index (χ1) is 9.45. The molecule has 20 heavy (non-hydrogen) atoms. The lowest BCUT2D eigenvalue weighted by molar-refractivity contribution is -0.136. The first-order valence-electron chi connectivity index (χ1n) is 6.49. The SMILES string of the molecule is CC(C)Cn1ccc(-c2cc(CC(=O)O)ccc2F)n1. The second-order valence-electron chi connectivity index (χ2n) is 5.20. The summed E-state index contributed by atoms with van der Waals surface area (Å²) in [5, 5.41) is 13.1. The molecule has 0 fully saturated rings. The van der Waals surface area contributed by atoms with Gasteiger partial charge in [-0.15, -0.1) is 0 Å². The van der Waals surface area contributed by atoms with Crippen LogP contribution in [0, 0.1) is 11.7 Å². The van der Waals surface area contributed by atoms with E-state index in [2.05, 4.69) is 18.9 Å². The van der Waals surface area contributed by atoms with E-state index in [1.54, 1.807) is 23.0 Å². The first-order valence-corrected chi connectivity index (χ1v) is 6.49. The van der Waals surface area contributed by atoms with Gasteiger partial charge in [-0.25, -0.2) is 4.39 Å². The Hall–Kier alpha value is -2.17. The molecule has 0 aliphatic carbocycles. The number of carboxylic acid groups (broad SMARTS) is 1. The Bertz CT molecular complexity index is 620. The lowest BCUT2D eigenvalue weighted by Crippen LogP contribution is -2.05. The maximum atomic E-state index is 13.9. The summed E-state index contributed by atoms with van der Waals surface area (Å²) in [4.78, 5) is 10.7. The molecule has 2 rings (SSSR count). The highest BCUT2D eigenvalue weighted by Crippen LogP contribution is 2.23. The molecule has 1 N–H and O–H groups in total. The van der Waals surface area contributed by atoms with Crippen molar-refractivity contribution < 1.29 is 14.3 Å². The normalized spacial score (nSPS) is 11.0. The number of benzene rings is 1. The van der Waals surface area contributed by atoms with Crippen molar-refractivity contribution in [3.8, 4) is 11.3 Å². The number of carboxylic acids is 1. The Kier molecular flexibility index (Phi) is 4.17. The van der Waals surface area contributed by atoms with Crippen LogP contribution in [0.4, 0.5) is 4.39 Å². The molecule has 0 bridgehead atoms. The Morgan fingerprint density at radius 3 is 2.80 bits per heavy atom. The van der Waals surface area contributed by atoms with E-state index in [1.165, 1.54) is 12.1 Å². The molecule has 2 aromatic rings. The Labute approximate surface area is 116 Å². The molecule has 1 aromatic heterocycles. The second-order valence-corrected chi connectivity index (χ2v) is 5.20. The van der Waals surface area contributed by atoms with Gasteiger partial charge >= 0.3 is 5.97 Å². The van der Waals surface area contributed by atoms with Crippen LogP contribution >= 0.6 is 0 Å². The smallest absolute Gasteiger partial charge is 0.307 e. The summed E-state index contributed by atoms with van der Waals surface area (Å²) in [6.07, 6.45) is 1.68. The summed E-state index contributed by atoms with van der Waals surface area (Å²) >= 11 is 0. The van der Waals surface area contributed by atoms with Crippen molar-refractivity contribution in [1.82, 2.24) is 9.78 Å². The molecule has 0 saturated carbocycles. The van der Waals surface area contributed by atoms with Crippen molar-refractivity contribution >= 4 is 5.97 Å². The average Bonchev–Trinajstić information content (AvgIpc) is 2.78. The van der Waals surface area contributed by atoms with Crippen LogP contribution in [-0.4, -0.2) is 20.9 Å². The van der Waals surface area contributed by atoms with Crippen LogP contribution in [0.1, 0.15) is 19.4 Å². The molecule has 0 spiro atoms. The van der Waals surface area contributed by atoms with Gasteiger partial charge in [0.25, 0.3) is 0 Å². The summed E-state index contributed by atoms with van der Waals surface area (Å²) in [5.74, 6) is -0.882. The molecule has 0 aliphatic heterocycles. The van der Waals surface area contributed by atoms with Crippen LogP contribution in [0.2, 0.25) is 0 Å². The van der Waals surface area contributed by atoms with Gasteiger partial charge in [0.05, 0.1) is 12.1 Å². The minimum absolute atomic E-state index is 0.125. The third-order valence-corrected chi connectivity index (χ3v) is 2.85. The number of hydrogen-bond donors (Lipinski definition) is 1. The summed E-state index contributed by atoms with van der Waals surface area (Å²) in [5.41, 5.74) is 1.42. The van der Waals surface area contributed by atoms with Crippen molar-refractivity contribution in [2.75, 3.05) is 0 Å². The third-order valence-electron chi connectivity index (χ3n) is 2.85. The fourth-order valence-corrected chi connectivity index (χ4v) is 2.03. The Balaban J connectivity index is 2.31. The summed E-state index contributed by atoms with van der Waals surface area (Å²) in [6, 6.07) is 6.06. The zero-order chi connectivity index (χ0) is 14.7. The molecule has 0 amide bonds. The quantitative estimate of drug-likeness (QED) is 0.913. The molecule has 0 radical (unpaired) electrons. The molecule has 0 unspecified atom stereocenters. The average molecular weight is 276 g/mol. The molecule has 0 atom stereocenters. The number of aromatic nitrogens is 2. The van der Waals surface area contributed by atoms with E-state index in [0.717, 1.165) is 6.54 Å². The summed E-state index contributed by atoms with van der Waals surface area (Å²) in [6.45, 7) is 4.92. The van der Waals surface area contributed by atoms with Crippen molar-refractivity contribution in [2.45, 2.75) is 26.8 Å². The van der Waals surface area contributed by atoms with Crippen LogP contribution in [0.5, 0.6) is 0 Å². The van der Waals surface area contributed by atoms with Gasteiger partial charge in [-0.05, 0) is 29.7 Å². The van der Waals surface area contributed by atoms with Crippen LogP contribution in [0.3, 0.4) is 0 Å². The van der Waals surface area contributed by atoms with Gasteiger partial charge in [-0.1, -0.05) is 19.9 Å². The largest absolute Gasteiger partial charge is 0.481 e. The summed E-state index contributed by atoms with van der Waals surface area (Å²) < 4.78 is 15.6. The molecule has 5 heteroatoms. The van der Waals surface area contributed by atoms with Crippen LogP contribution in [-0.2, 0) is 17.8 Å². The van der Waals surface area contributed by atoms with E-state index in [0.29, 0.717) is 22.7 Å². The van der Waals surface area contributed by atoms with E-state index in [1.807, 2.05) is 0 Å². The predicted molar refractivity (Wildman–Crippen MR) is 73.8 cm³/mol. The number of nitrogens with zero attached hydrogens (tertiary/aromatic N) is 2. The molecule has 1 heterocycles. The molecule has 1 aromatic carbocycles. The molecule has 0 aliphatic rings. The molecule has 106 valence electrons. The molecule has 0 saturated heterocycles. The number of hydrogen-bond acceptors (Lipinski definition) is 2. The van der Waals surface area contributed by atoms with E-state index in [-0.39, 0.29) is 6.42 Å². The van der Waals surface area contributed by atoms with Crippen molar-refractivity contribution in [2.24, 2.45) is 5.92 Å². The van der Waals surface area contributed by atoms with Gasteiger partial charge in [0, 0.05) is 18.3 Å². The molecule has 4 nitrogen and oxygen atoms in total. The minimum atomic E-state index is -0.937. The maximum absolute atomic E-state index is 13.9. The standard InChI is InChI=1S/C15H17FN2O2/c1-10(2)9-18-6-5-14(17-18)12-7-11(8-15(19)20)3-4-13(12)16/h3-7,10H,8-9H2,1-2H3,(H,19,20). The molecular formula is C15H17FN2O2. The van der Waals surface area contributed by atoms with Crippen molar-refractivity contribution in [3.05, 3.63) is 41.8 Å². The number of aliphatic carboxylic acids is 1. The van der Waals surface area contributed by atoms with Crippen LogP contribution in [0.25, 0.3) is 11.3 Å². The number of rotatable bonds is 5.